The second-order valence-corrected chi connectivity index (χ2v) is 9.01. The third-order valence-corrected chi connectivity index (χ3v) is 6.97. The highest BCUT2D eigenvalue weighted by molar-refractivity contribution is 7.16. The normalized spacial score (nSPS) is 15.7. The fourth-order valence-corrected chi connectivity index (χ4v) is 5.61. The molecule has 1 aliphatic carbocycles. The molecule has 0 radical (unpaired) electrons. The minimum atomic E-state index is -0.291. The number of nitrogens with one attached hydrogen (secondary N) is 1. The number of hydrogen-bond acceptors (Lipinski definition) is 5. The molecule has 0 bridgehead atoms. The minimum Gasteiger partial charge on any atom is -0.316 e. The topological polar surface area (TPSA) is 65.8 Å². The molecule has 1 amide bonds. The first-order chi connectivity index (χ1) is 13.5. The number of halogens is 1. The Hall–Kier alpha value is -2.56. The van der Waals surface area contributed by atoms with Gasteiger partial charge in [0.2, 0.25) is 5.91 Å². The number of thiophene rings is 1. The van der Waals surface area contributed by atoms with Crippen molar-refractivity contribution in [1.29, 1.82) is 5.26 Å². The Morgan fingerprint density at radius 3 is 2.93 bits per heavy atom. The minimum absolute atomic E-state index is 0.140. The van der Waals surface area contributed by atoms with Gasteiger partial charge in [0.15, 0.2) is 0 Å². The average Bonchev–Trinajstić information content (AvgIpc) is 3.25. The van der Waals surface area contributed by atoms with Crippen molar-refractivity contribution in [3.63, 3.8) is 0 Å². The number of hydrogen-bond donors (Lipinski definition) is 1. The molecule has 3 aromatic rings. The van der Waals surface area contributed by atoms with Gasteiger partial charge in [-0.05, 0) is 55.0 Å². The molecular formula is C21H18FN3OS2. The van der Waals surface area contributed by atoms with E-state index in [2.05, 4.69) is 23.3 Å². The zero-order valence-electron chi connectivity index (χ0n) is 15.3. The second-order valence-electron chi connectivity index (χ2n) is 7.04. The molecule has 2 heterocycles. The van der Waals surface area contributed by atoms with Gasteiger partial charge in [-0.25, -0.2) is 9.37 Å². The molecule has 0 saturated carbocycles. The van der Waals surface area contributed by atoms with Crippen LogP contribution in [0.25, 0.3) is 10.6 Å². The fraction of sp³-hybridized carbons (Fsp3) is 0.286. The molecule has 0 spiro atoms. The largest absolute Gasteiger partial charge is 0.316 e. The van der Waals surface area contributed by atoms with E-state index in [0.29, 0.717) is 22.2 Å². The molecule has 0 fully saturated rings. The van der Waals surface area contributed by atoms with Gasteiger partial charge in [-0.3, -0.25) is 4.79 Å². The van der Waals surface area contributed by atoms with Gasteiger partial charge in [0.05, 0.1) is 17.7 Å². The first-order valence-corrected chi connectivity index (χ1v) is 10.8. The fourth-order valence-electron chi connectivity index (χ4n) is 3.41. The van der Waals surface area contributed by atoms with Gasteiger partial charge in [-0.2, -0.15) is 5.26 Å². The lowest BCUT2D eigenvalue weighted by molar-refractivity contribution is -0.115. The Labute approximate surface area is 170 Å². The van der Waals surface area contributed by atoms with Crippen LogP contribution in [-0.4, -0.2) is 10.9 Å². The summed E-state index contributed by atoms with van der Waals surface area (Å²) < 4.78 is 13.1. The first kappa shape index (κ1) is 18.8. The maximum Gasteiger partial charge on any atom is 0.231 e. The molecule has 0 saturated heterocycles. The van der Waals surface area contributed by atoms with Crippen LogP contribution >= 0.6 is 22.7 Å². The van der Waals surface area contributed by atoms with Crippen LogP contribution in [-0.2, 0) is 24.1 Å². The Bertz CT molecular complexity index is 1060. The van der Waals surface area contributed by atoms with Crippen molar-refractivity contribution < 1.29 is 9.18 Å². The van der Waals surface area contributed by atoms with Crippen LogP contribution in [0.5, 0.6) is 0 Å². The number of amides is 1. The summed E-state index contributed by atoms with van der Waals surface area (Å²) in [5, 5.41) is 15.7. The van der Waals surface area contributed by atoms with E-state index in [1.165, 1.54) is 39.7 Å². The third kappa shape index (κ3) is 3.84. The summed E-state index contributed by atoms with van der Waals surface area (Å²) in [7, 11) is 0. The molecule has 1 aromatic carbocycles. The van der Waals surface area contributed by atoms with E-state index < -0.39 is 0 Å². The molecule has 1 atom stereocenters. The molecule has 1 unspecified atom stereocenters. The number of rotatable bonds is 4. The van der Waals surface area contributed by atoms with Crippen molar-refractivity contribution in [2.75, 3.05) is 5.32 Å². The SMILES string of the molecule is CC1CCc2c(sc(NC(=O)Cc3csc(-c4ccc(F)cc4)n3)c2C#N)C1. The van der Waals surface area contributed by atoms with E-state index in [4.69, 9.17) is 0 Å². The summed E-state index contributed by atoms with van der Waals surface area (Å²) >= 11 is 2.95. The van der Waals surface area contributed by atoms with Crippen molar-refractivity contribution in [1.82, 2.24) is 4.98 Å². The quantitative estimate of drug-likeness (QED) is 0.643. The third-order valence-electron chi connectivity index (χ3n) is 4.86. The summed E-state index contributed by atoms with van der Waals surface area (Å²) in [5.74, 6) is 0.140. The predicted octanol–water partition coefficient (Wildman–Crippen LogP) is 5.19. The lowest BCUT2D eigenvalue weighted by Crippen LogP contribution is -2.14. The summed E-state index contributed by atoms with van der Waals surface area (Å²) in [6.07, 6.45) is 3.09. The standard InChI is InChI=1S/C21H18FN3OS2/c1-12-2-7-16-17(10-23)21(28-18(16)8-12)25-19(26)9-15-11-27-20(24-15)13-3-5-14(22)6-4-13/h3-6,11-12H,2,7-9H2,1H3,(H,25,26). The van der Waals surface area contributed by atoms with Gasteiger partial charge in [-0.15, -0.1) is 22.7 Å². The van der Waals surface area contributed by atoms with Crippen LogP contribution in [0.4, 0.5) is 9.39 Å². The second kappa shape index (κ2) is 7.82. The summed E-state index contributed by atoms with van der Waals surface area (Å²) in [6.45, 7) is 2.22. The number of anilines is 1. The molecule has 28 heavy (non-hydrogen) atoms. The summed E-state index contributed by atoms with van der Waals surface area (Å²) in [5.41, 5.74) is 3.21. The smallest absolute Gasteiger partial charge is 0.231 e. The van der Waals surface area contributed by atoms with Crippen LogP contribution in [0.3, 0.4) is 0 Å². The number of carbonyl (C=O) groups is 1. The van der Waals surface area contributed by atoms with Gasteiger partial charge in [0.1, 0.15) is 21.9 Å². The molecule has 4 nitrogen and oxygen atoms in total. The average molecular weight is 412 g/mol. The van der Waals surface area contributed by atoms with Crippen molar-refractivity contribution in [3.05, 3.63) is 57.2 Å². The van der Waals surface area contributed by atoms with E-state index in [-0.39, 0.29) is 18.1 Å². The van der Waals surface area contributed by atoms with Crippen LogP contribution in [0.15, 0.2) is 29.6 Å². The highest BCUT2D eigenvalue weighted by atomic mass is 32.1. The highest BCUT2D eigenvalue weighted by Crippen LogP contribution is 2.39. The number of thiazole rings is 1. The Morgan fingerprint density at radius 1 is 1.39 bits per heavy atom. The lowest BCUT2D eigenvalue weighted by Gasteiger charge is -2.17. The van der Waals surface area contributed by atoms with E-state index in [1.54, 1.807) is 12.1 Å². The molecular weight excluding hydrogens is 393 g/mol. The van der Waals surface area contributed by atoms with Gasteiger partial charge in [0.25, 0.3) is 0 Å². The highest BCUT2D eigenvalue weighted by Gasteiger charge is 2.24. The zero-order valence-corrected chi connectivity index (χ0v) is 16.9. The lowest BCUT2D eigenvalue weighted by atomic mass is 9.89. The van der Waals surface area contributed by atoms with Crippen molar-refractivity contribution in [2.45, 2.75) is 32.6 Å². The number of fused-ring (bicyclic) bond motifs is 1. The van der Waals surface area contributed by atoms with E-state index in [9.17, 15) is 14.4 Å². The predicted molar refractivity (Wildman–Crippen MR) is 110 cm³/mol. The Morgan fingerprint density at radius 2 is 2.18 bits per heavy atom. The zero-order chi connectivity index (χ0) is 19.7. The van der Waals surface area contributed by atoms with E-state index >= 15 is 0 Å². The van der Waals surface area contributed by atoms with Gasteiger partial charge < -0.3 is 5.32 Å². The van der Waals surface area contributed by atoms with E-state index in [1.807, 2.05) is 5.38 Å². The van der Waals surface area contributed by atoms with Crippen LogP contribution in [0.1, 0.15) is 35.0 Å². The van der Waals surface area contributed by atoms with Crippen molar-refractivity contribution >= 4 is 33.6 Å². The molecule has 142 valence electrons. The van der Waals surface area contributed by atoms with Crippen LogP contribution < -0.4 is 5.32 Å². The van der Waals surface area contributed by atoms with Gasteiger partial charge >= 0.3 is 0 Å². The number of benzene rings is 1. The Kier molecular flexibility index (Phi) is 5.25. The van der Waals surface area contributed by atoms with Crippen molar-refractivity contribution in [3.8, 4) is 16.6 Å². The number of aromatic nitrogens is 1. The maximum absolute atomic E-state index is 13.1. The summed E-state index contributed by atoms with van der Waals surface area (Å²) in [4.78, 5) is 18.2. The van der Waals surface area contributed by atoms with E-state index in [0.717, 1.165) is 35.4 Å². The van der Waals surface area contributed by atoms with Crippen LogP contribution in [0, 0.1) is 23.1 Å². The molecule has 0 aliphatic heterocycles. The maximum atomic E-state index is 13.1. The Balaban J connectivity index is 1.47. The molecule has 2 aromatic heterocycles. The monoisotopic (exact) mass is 411 g/mol. The van der Waals surface area contributed by atoms with Crippen LogP contribution in [0.2, 0.25) is 0 Å². The number of carbonyl (C=O) groups excluding carboxylic acids is 1. The van der Waals surface area contributed by atoms with Crippen molar-refractivity contribution in [2.24, 2.45) is 5.92 Å². The first-order valence-electron chi connectivity index (χ1n) is 9.08. The molecule has 1 N–H and O–H groups in total. The number of nitrogens with zero attached hydrogens (tertiary/aromatic N) is 2. The van der Waals surface area contributed by atoms with Gasteiger partial charge in [0, 0.05) is 15.8 Å². The molecule has 4 rings (SSSR count). The molecule has 7 heteroatoms. The summed E-state index contributed by atoms with van der Waals surface area (Å²) in [6, 6.07) is 8.41. The van der Waals surface area contributed by atoms with Gasteiger partial charge in [-0.1, -0.05) is 6.92 Å². The molecule has 1 aliphatic rings. The number of nitriles is 1.